The number of hydrogen-bond acceptors (Lipinski definition) is 2. The van der Waals surface area contributed by atoms with E-state index in [2.05, 4.69) is 56.7 Å². The lowest BCUT2D eigenvalue weighted by Gasteiger charge is -2.16. The Morgan fingerprint density at radius 2 is 1.60 bits per heavy atom. The van der Waals surface area contributed by atoms with Crippen LogP contribution in [0.15, 0.2) is 12.1 Å². The molecule has 0 aliphatic carbocycles. The molecule has 0 aliphatic heterocycles. The summed E-state index contributed by atoms with van der Waals surface area (Å²) in [6.45, 7) is 12.7. The quantitative estimate of drug-likeness (QED) is 0.772. The summed E-state index contributed by atoms with van der Waals surface area (Å²) in [6, 6.07) is 4.43. The Balaban J connectivity index is 2.79. The van der Waals surface area contributed by atoms with Gasteiger partial charge in [0.25, 0.3) is 0 Å². The molecule has 20 heavy (non-hydrogen) atoms. The Kier molecular flexibility index (Phi) is 4.09. The highest BCUT2D eigenvalue weighted by Gasteiger charge is 2.13. The normalized spacial score (nSPS) is 11.2. The van der Waals surface area contributed by atoms with Gasteiger partial charge in [-0.1, -0.05) is 43.8 Å². The number of aromatic amines is 1. The van der Waals surface area contributed by atoms with Crippen LogP contribution in [0.1, 0.15) is 47.8 Å². The second-order valence-corrected chi connectivity index (χ2v) is 6.24. The molecule has 0 radical (unpaired) electrons. The lowest BCUT2D eigenvalue weighted by atomic mass is 9.95. The van der Waals surface area contributed by atoms with E-state index in [0.717, 1.165) is 17.1 Å². The molecule has 2 aromatic rings. The van der Waals surface area contributed by atoms with Gasteiger partial charge in [0.15, 0.2) is 0 Å². The van der Waals surface area contributed by atoms with Gasteiger partial charge in [0, 0.05) is 17.0 Å². The third kappa shape index (κ3) is 2.68. The van der Waals surface area contributed by atoms with Gasteiger partial charge in [-0.3, -0.25) is 0 Å². The summed E-state index contributed by atoms with van der Waals surface area (Å²) in [5.41, 5.74) is 7.26. The number of H-pyrrole nitrogens is 1. The second-order valence-electron chi connectivity index (χ2n) is 5.86. The van der Waals surface area contributed by atoms with Crippen LogP contribution < -0.4 is 0 Å². The highest BCUT2D eigenvalue weighted by Crippen LogP contribution is 2.30. The van der Waals surface area contributed by atoms with Gasteiger partial charge in [0.1, 0.15) is 10.5 Å². The van der Waals surface area contributed by atoms with E-state index in [9.17, 15) is 0 Å². The van der Waals surface area contributed by atoms with Gasteiger partial charge in [-0.2, -0.15) is 0 Å². The molecule has 0 saturated carbocycles. The van der Waals surface area contributed by atoms with Crippen molar-refractivity contribution in [2.45, 2.75) is 47.5 Å². The van der Waals surface area contributed by atoms with E-state index in [1.165, 1.54) is 22.3 Å². The van der Waals surface area contributed by atoms with Gasteiger partial charge in [-0.05, 0) is 38.8 Å². The smallest absolute Gasteiger partial charge is 0.133 e. The van der Waals surface area contributed by atoms with Crippen molar-refractivity contribution in [2.75, 3.05) is 0 Å². The molecular formula is C17H22N2S. The van der Waals surface area contributed by atoms with Crippen molar-refractivity contribution in [3.05, 3.63) is 44.9 Å². The molecule has 0 atom stereocenters. The summed E-state index contributed by atoms with van der Waals surface area (Å²) in [4.78, 5) is 7.99. The summed E-state index contributed by atoms with van der Waals surface area (Å²) in [5, 5.41) is 0. The molecule has 0 fully saturated rings. The Hall–Kier alpha value is -1.48. The van der Waals surface area contributed by atoms with Crippen molar-refractivity contribution in [3.8, 4) is 11.3 Å². The van der Waals surface area contributed by atoms with E-state index in [4.69, 9.17) is 12.2 Å². The Labute approximate surface area is 126 Å². The van der Waals surface area contributed by atoms with Crippen molar-refractivity contribution in [1.29, 1.82) is 0 Å². The minimum Gasteiger partial charge on any atom is -0.343 e. The first-order valence-electron chi connectivity index (χ1n) is 7.00. The van der Waals surface area contributed by atoms with Crippen LogP contribution in [0.3, 0.4) is 0 Å². The van der Waals surface area contributed by atoms with Crippen LogP contribution in [0.2, 0.25) is 0 Å². The molecule has 0 unspecified atom stereocenters. The van der Waals surface area contributed by atoms with Crippen molar-refractivity contribution in [3.63, 3.8) is 0 Å². The molecule has 0 bridgehead atoms. The van der Waals surface area contributed by atoms with E-state index in [-0.39, 0.29) is 0 Å². The van der Waals surface area contributed by atoms with Gasteiger partial charge in [-0.25, -0.2) is 4.98 Å². The maximum absolute atomic E-state index is 5.43. The van der Waals surface area contributed by atoms with Crippen LogP contribution in [0.4, 0.5) is 0 Å². The summed E-state index contributed by atoms with van der Waals surface area (Å²) in [5.74, 6) is 1.29. The van der Waals surface area contributed by atoms with Crippen LogP contribution in [0, 0.1) is 32.3 Å². The van der Waals surface area contributed by atoms with Crippen molar-refractivity contribution >= 4 is 12.2 Å². The maximum atomic E-state index is 5.43. The molecule has 106 valence electrons. The topological polar surface area (TPSA) is 28.7 Å². The summed E-state index contributed by atoms with van der Waals surface area (Å²) in [7, 11) is 0. The van der Waals surface area contributed by atoms with E-state index in [1.807, 2.05) is 6.92 Å². The lowest BCUT2D eigenvalue weighted by molar-refractivity contribution is 0.770. The molecule has 1 aromatic carbocycles. The average Bonchev–Trinajstić information content (AvgIpc) is 2.32. The minimum absolute atomic E-state index is 0.335. The number of hydrogen-bond donors (Lipinski definition) is 1. The fourth-order valence-electron chi connectivity index (χ4n) is 2.65. The lowest BCUT2D eigenvalue weighted by Crippen LogP contribution is -2.04. The zero-order valence-corrected chi connectivity index (χ0v) is 13.9. The number of aromatic nitrogens is 2. The van der Waals surface area contributed by atoms with E-state index in [1.54, 1.807) is 0 Å². The molecular weight excluding hydrogens is 264 g/mol. The molecule has 0 spiro atoms. The number of aryl methyl sites for hydroxylation is 3. The molecule has 0 aliphatic rings. The van der Waals surface area contributed by atoms with Crippen LogP contribution >= 0.6 is 12.2 Å². The van der Waals surface area contributed by atoms with Gasteiger partial charge >= 0.3 is 0 Å². The molecule has 2 nitrogen and oxygen atoms in total. The predicted molar refractivity (Wildman–Crippen MR) is 87.9 cm³/mol. The first-order valence-corrected chi connectivity index (χ1v) is 7.41. The van der Waals surface area contributed by atoms with Gasteiger partial charge < -0.3 is 4.98 Å². The largest absolute Gasteiger partial charge is 0.343 e. The SMILES string of the molecule is Cc1cc(C)c(-c2[nH]c(C(C)C)nc(=S)c2C)c(C)c1. The predicted octanol–water partition coefficient (Wildman–Crippen LogP) is 5.16. The molecule has 1 aromatic heterocycles. The summed E-state index contributed by atoms with van der Waals surface area (Å²) in [6.07, 6.45) is 0. The summed E-state index contributed by atoms with van der Waals surface area (Å²) >= 11 is 5.43. The molecule has 3 heteroatoms. The Bertz CT molecular complexity index is 688. The highest BCUT2D eigenvalue weighted by molar-refractivity contribution is 7.71. The fourth-order valence-corrected chi connectivity index (χ4v) is 2.85. The zero-order valence-electron chi connectivity index (χ0n) is 13.1. The Morgan fingerprint density at radius 3 is 2.10 bits per heavy atom. The second kappa shape index (κ2) is 5.49. The molecule has 1 heterocycles. The fraction of sp³-hybridized carbons (Fsp3) is 0.412. The number of nitrogens with zero attached hydrogens (tertiary/aromatic N) is 1. The zero-order chi connectivity index (χ0) is 15.0. The van der Waals surface area contributed by atoms with E-state index < -0.39 is 0 Å². The van der Waals surface area contributed by atoms with Crippen LogP contribution in [0.5, 0.6) is 0 Å². The first-order chi connectivity index (χ1) is 9.31. The number of benzene rings is 1. The monoisotopic (exact) mass is 286 g/mol. The van der Waals surface area contributed by atoms with Gasteiger partial charge in [0.05, 0.1) is 5.69 Å². The molecule has 0 amide bonds. The van der Waals surface area contributed by atoms with E-state index in [0.29, 0.717) is 10.6 Å². The van der Waals surface area contributed by atoms with Crippen molar-refractivity contribution < 1.29 is 0 Å². The van der Waals surface area contributed by atoms with Crippen molar-refractivity contribution in [2.24, 2.45) is 0 Å². The maximum Gasteiger partial charge on any atom is 0.133 e. The van der Waals surface area contributed by atoms with Crippen LogP contribution in [-0.2, 0) is 0 Å². The molecule has 2 rings (SSSR count). The van der Waals surface area contributed by atoms with Crippen LogP contribution in [0.25, 0.3) is 11.3 Å². The molecule has 0 saturated heterocycles. The van der Waals surface area contributed by atoms with Crippen molar-refractivity contribution in [1.82, 2.24) is 9.97 Å². The minimum atomic E-state index is 0.335. The van der Waals surface area contributed by atoms with Crippen LogP contribution in [-0.4, -0.2) is 9.97 Å². The standard InChI is InChI=1S/C17H22N2S/c1-9(2)16-18-15(13(6)17(20)19-16)14-11(4)7-10(3)8-12(14)5/h7-9H,1-6H3,(H,18,19,20). The number of rotatable bonds is 2. The Morgan fingerprint density at radius 1 is 1.05 bits per heavy atom. The number of nitrogens with one attached hydrogen (secondary N) is 1. The van der Waals surface area contributed by atoms with Gasteiger partial charge in [0.2, 0.25) is 0 Å². The third-order valence-electron chi connectivity index (χ3n) is 3.64. The first kappa shape index (κ1) is 14.9. The van der Waals surface area contributed by atoms with Gasteiger partial charge in [-0.15, -0.1) is 0 Å². The molecule has 1 N–H and O–H groups in total. The highest BCUT2D eigenvalue weighted by atomic mass is 32.1. The average molecular weight is 286 g/mol. The third-order valence-corrected chi connectivity index (χ3v) is 4.04. The summed E-state index contributed by atoms with van der Waals surface area (Å²) < 4.78 is 0.696. The van der Waals surface area contributed by atoms with E-state index >= 15 is 0 Å².